The van der Waals surface area contributed by atoms with E-state index in [-0.39, 0.29) is 17.2 Å². The topological polar surface area (TPSA) is 84.9 Å². The van der Waals surface area contributed by atoms with Gasteiger partial charge in [0.05, 0.1) is 7.11 Å². The first kappa shape index (κ1) is 19.7. The Morgan fingerprint density at radius 1 is 1.15 bits per heavy atom. The maximum atomic E-state index is 11.9. The summed E-state index contributed by atoms with van der Waals surface area (Å²) < 4.78 is 9.86. The monoisotopic (exact) mass is 375 g/mol. The van der Waals surface area contributed by atoms with Crippen molar-refractivity contribution < 1.29 is 24.2 Å². The van der Waals surface area contributed by atoms with Crippen LogP contribution in [0, 0.1) is 0 Å². The Morgan fingerprint density at radius 2 is 1.92 bits per heavy atom. The molecule has 26 heavy (non-hydrogen) atoms. The molecule has 0 aliphatic heterocycles. The van der Waals surface area contributed by atoms with Crippen LogP contribution in [-0.2, 0) is 9.53 Å². The number of carbonyl (C=O) groups excluding carboxylic acids is 2. The van der Waals surface area contributed by atoms with Crippen molar-refractivity contribution in [3.05, 3.63) is 54.1 Å². The summed E-state index contributed by atoms with van der Waals surface area (Å²) in [6.07, 6.45) is 0.804. The maximum absolute atomic E-state index is 11.9. The molecule has 0 aliphatic rings. The highest BCUT2D eigenvalue weighted by atomic mass is 32.2. The summed E-state index contributed by atoms with van der Waals surface area (Å²) >= 11 is 1.72. The molecule has 0 fully saturated rings. The lowest BCUT2D eigenvalue weighted by Gasteiger charge is -2.08. The fraction of sp³-hybridized carbons (Fsp3) is 0.263. The minimum absolute atomic E-state index is 0.0159. The van der Waals surface area contributed by atoms with Crippen molar-refractivity contribution in [3.63, 3.8) is 0 Å². The molecule has 2 aromatic rings. The van der Waals surface area contributed by atoms with E-state index in [1.165, 1.54) is 30.2 Å². The standard InChI is InChI=1S/C19H21NO5S/c1-24-14-8-9-16(17(21)12-14)19(23)25-13-18(22)20-10-5-11-26-15-6-3-2-4-7-15/h2-4,6-9,12,21H,5,10-11,13H2,1H3,(H,20,22). The first-order chi connectivity index (χ1) is 12.6. The summed E-state index contributed by atoms with van der Waals surface area (Å²) in [5.41, 5.74) is -0.0159. The van der Waals surface area contributed by atoms with E-state index >= 15 is 0 Å². The van der Waals surface area contributed by atoms with Crippen LogP contribution in [0.25, 0.3) is 0 Å². The summed E-state index contributed by atoms with van der Waals surface area (Å²) in [4.78, 5) is 24.8. The number of carbonyl (C=O) groups is 2. The van der Waals surface area contributed by atoms with Crippen LogP contribution in [0.3, 0.4) is 0 Å². The lowest BCUT2D eigenvalue weighted by molar-refractivity contribution is -0.124. The number of esters is 1. The lowest BCUT2D eigenvalue weighted by Crippen LogP contribution is -2.29. The number of nitrogens with one attached hydrogen (secondary N) is 1. The van der Waals surface area contributed by atoms with Gasteiger partial charge in [-0.15, -0.1) is 11.8 Å². The lowest BCUT2D eigenvalue weighted by atomic mass is 10.2. The van der Waals surface area contributed by atoms with E-state index in [2.05, 4.69) is 5.32 Å². The van der Waals surface area contributed by atoms with E-state index in [4.69, 9.17) is 9.47 Å². The van der Waals surface area contributed by atoms with E-state index in [0.717, 1.165) is 12.2 Å². The van der Waals surface area contributed by atoms with Gasteiger partial charge in [-0.1, -0.05) is 18.2 Å². The Balaban J connectivity index is 1.64. The van der Waals surface area contributed by atoms with Crippen LogP contribution in [0.15, 0.2) is 53.4 Å². The second-order valence-electron chi connectivity index (χ2n) is 5.32. The molecule has 1 amide bonds. The zero-order chi connectivity index (χ0) is 18.8. The second-order valence-corrected chi connectivity index (χ2v) is 6.49. The Hall–Kier alpha value is -2.67. The molecule has 0 heterocycles. The molecule has 0 saturated carbocycles. The number of amides is 1. The van der Waals surface area contributed by atoms with Gasteiger partial charge >= 0.3 is 5.97 Å². The van der Waals surface area contributed by atoms with Crippen molar-refractivity contribution in [2.24, 2.45) is 0 Å². The number of hydrogen-bond donors (Lipinski definition) is 2. The predicted octanol–water partition coefficient (Wildman–Crippen LogP) is 2.86. The van der Waals surface area contributed by atoms with Crippen molar-refractivity contribution in [3.8, 4) is 11.5 Å². The predicted molar refractivity (Wildman–Crippen MR) is 99.7 cm³/mol. The van der Waals surface area contributed by atoms with Crippen LogP contribution in [-0.4, -0.2) is 43.0 Å². The third kappa shape index (κ3) is 6.33. The van der Waals surface area contributed by atoms with Crippen molar-refractivity contribution >= 4 is 23.6 Å². The number of rotatable bonds is 9. The SMILES string of the molecule is COc1ccc(C(=O)OCC(=O)NCCCSc2ccccc2)c(O)c1. The van der Waals surface area contributed by atoms with Gasteiger partial charge in [-0.3, -0.25) is 4.79 Å². The molecule has 2 rings (SSSR count). The molecular formula is C19H21NO5S. The first-order valence-corrected chi connectivity index (χ1v) is 9.07. The highest BCUT2D eigenvalue weighted by molar-refractivity contribution is 7.99. The molecule has 0 radical (unpaired) electrons. The van der Waals surface area contributed by atoms with Crippen molar-refractivity contribution in [1.29, 1.82) is 0 Å². The van der Waals surface area contributed by atoms with Crippen LogP contribution in [0.2, 0.25) is 0 Å². The molecule has 138 valence electrons. The largest absolute Gasteiger partial charge is 0.507 e. The van der Waals surface area contributed by atoms with E-state index in [9.17, 15) is 14.7 Å². The number of benzene rings is 2. The van der Waals surface area contributed by atoms with Gasteiger partial charge in [0.15, 0.2) is 6.61 Å². The minimum atomic E-state index is -0.764. The molecule has 2 aromatic carbocycles. The van der Waals surface area contributed by atoms with Crippen LogP contribution in [0.1, 0.15) is 16.8 Å². The third-order valence-electron chi connectivity index (χ3n) is 3.41. The molecule has 0 unspecified atom stereocenters. The Kier molecular flexibility index (Phi) is 7.82. The Labute approximate surface area is 156 Å². The van der Waals surface area contributed by atoms with Gasteiger partial charge in [0.1, 0.15) is 17.1 Å². The average Bonchev–Trinajstić information content (AvgIpc) is 2.66. The summed E-state index contributed by atoms with van der Waals surface area (Å²) in [5, 5.41) is 12.5. The zero-order valence-electron chi connectivity index (χ0n) is 14.4. The van der Waals surface area contributed by atoms with Crippen LogP contribution < -0.4 is 10.1 Å². The van der Waals surface area contributed by atoms with Crippen molar-refractivity contribution in [2.45, 2.75) is 11.3 Å². The van der Waals surface area contributed by atoms with Crippen LogP contribution in [0.4, 0.5) is 0 Å². The number of hydrogen-bond acceptors (Lipinski definition) is 6. The summed E-state index contributed by atoms with van der Waals surface area (Å²) in [6, 6.07) is 14.2. The van der Waals surface area contributed by atoms with Gasteiger partial charge in [0.2, 0.25) is 0 Å². The van der Waals surface area contributed by atoms with Gasteiger partial charge in [0, 0.05) is 17.5 Å². The molecular weight excluding hydrogens is 354 g/mol. The molecule has 0 bridgehead atoms. The van der Waals surface area contributed by atoms with E-state index < -0.39 is 12.6 Å². The normalized spacial score (nSPS) is 10.2. The van der Waals surface area contributed by atoms with Gasteiger partial charge in [-0.25, -0.2) is 4.79 Å². The van der Waals surface area contributed by atoms with E-state index in [1.807, 2.05) is 30.3 Å². The molecule has 0 aromatic heterocycles. The number of phenolic OH excluding ortho intramolecular Hbond substituents is 1. The van der Waals surface area contributed by atoms with Crippen molar-refractivity contribution in [1.82, 2.24) is 5.32 Å². The number of aromatic hydroxyl groups is 1. The number of ether oxygens (including phenoxy) is 2. The molecule has 0 saturated heterocycles. The average molecular weight is 375 g/mol. The zero-order valence-corrected chi connectivity index (χ0v) is 15.3. The van der Waals surface area contributed by atoms with Crippen LogP contribution in [0.5, 0.6) is 11.5 Å². The molecule has 0 spiro atoms. The highest BCUT2D eigenvalue weighted by Gasteiger charge is 2.15. The molecule has 6 nitrogen and oxygen atoms in total. The van der Waals surface area contributed by atoms with Gasteiger partial charge < -0.3 is 19.9 Å². The Morgan fingerprint density at radius 3 is 2.62 bits per heavy atom. The Bertz CT molecular complexity index is 736. The summed E-state index contributed by atoms with van der Waals surface area (Å²) in [6.45, 7) is 0.111. The summed E-state index contributed by atoms with van der Waals surface area (Å²) in [7, 11) is 1.45. The van der Waals surface area contributed by atoms with Gasteiger partial charge in [-0.05, 0) is 36.4 Å². The number of phenols is 1. The van der Waals surface area contributed by atoms with Gasteiger partial charge in [-0.2, -0.15) is 0 Å². The van der Waals surface area contributed by atoms with Crippen LogP contribution >= 0.6 is 11.8 Å². The molecule has 2 N–H and O–H groups in total. The number of methoxy groups -OCH3 is 1. The molecule has 0 aliphatic carbocycles. The molecule has 0 atom stereocenters. The van der Waals surface area contributed by atoms with Crippen molar-refractivity contribution in [2.75, 3.05) is 26.0 Å². The fourth-order valence-corrected chi connectivity index (χ4v) is 2.95. The minimum Gasteiger partial charge on any atom is -0.507 e. The number of thioether (sulfide) groups is 1. The first-order valence-electron chi connectivity index (χ1n) is 8.09. The fourth-order valence-electron chi connectivity index (χ4n) is 2.08. The maximum Gasteiger partial charge on any atom is 0.342 e. The summed E-state index contributed by atoms with van der Waals surface area (Å²) in [5.74, 6) is -0.0991. The second kappa shape index (κ2) is 10.4. The smallest absolute Gasteiger partial charge is 0.342 e. The van der Waals surface area contributed by atoms with Gasteiger partial charge in [0.25, 0.3) is 5.91 Å². The van der Waals surface area contributed by atoms with E-state index in [0.29, 0.717) is 12.3 Å². The highest BCUT2D eigenvalue weighted by Crippen LogP contribution is 2.23. The molecule has 7 heteroatoms. The third-order valence-corrected chi connectivity index (χ3v) is 4.51. The van der Waals surface area contributed by atoms with E-state index in [1.54, 1.807) is 11.8 Å². The quantitative estimate of drug-likeness (QED) is 0.398.